The largest absolute Gasteiger partial charge is 0.463 e. The number of alkyl halides is 5. The van der Waals surface area contributed by atoms with Crippen molar-refractivity contribution < 1.29 is 26.7 Å². The number of rotatable bonds is 5. The average Bonchev–Trinajstić information content (AvgIpc) is 2.10. The predicted octanol–water partition coefficient (Wildman–Crippen LogP) is 2.05. The fourth-order valence-electron chi connectivity index (χ4n) is 0.658. The molecule has 0 aromatic carbocycles. The van der Waals surface area contributed by atoms with Crippen molar-refractivity contribution in [2.45, 2.75) is 18.5 Å². The van der Waals surface area contributed by atoms with E-state index in [1.165, 1.54) is 11.8 Å². The third kappa shape index (κ3) is 4.23. The standard InChI is InChI=1S/C7H10F5NOS/c1-15-4-2-3-13-5(14)6(8,9)7(10,11)12/h2-4H2,1H3,(H,13,14). The summed E-state index contributed by atoms with van der Waals surface area (Å²) >= 11 is 1.41. The lowest BCUT2D eigenvalue weighted by atomic mass is 10.3. The van der Waals surface area contributed by atoms with Gasteiger partial charge in [-0.1, -0.05) is 0 Å². The minimum Gasteiger partial charge on any atom is -0.351 e. The third-order valence-corrected chi connectivity index (χ3v) is 2.15. The molecule has 0 rings (SSSR count). The van der Waals surface area contributed by atoms with Crippen molar-refractivity contribution in [3.8, 4) is 0 Å². The number of carbonyl (C=O) groups is 1. The van der Waals surface area contributed by atoms with Crippen LogP contribution in [0.5, 0.6) is 0 Å². The van der Waals surface area contributed by atoms with Crippen LogP contribution in [0, 0.1) is 0 Å². The Balaban J connectivity index is 4.10. The molecule has 8 heteroatoms. The molecule has 0 fully saturated rings. The van der Waals surface area contributed by atoms with Crippen molar-refractivity contribution in [2.24, 2.45) is 0 Å². The molecule has 0 aromatic rings. The smallest absolute Gasteiger partial charge is 0.351 e. The van der Waals surface area contributed by atoms with Gasteiger partial charge in [0.15, 0.2) is 0 Å². The van der Waals surface area contributed by atoms with Crippen molar-refractivity contribution in [2.75, 3.05) is 18.6 Å². The summed E-state index contributed by atoms with van der Waals surface area (Å²) in [5, 5.41) is 1.54. The molecule has 0 spiro atoms. The van der Waals surface area contributed by atoms with Crippen LogP contribution in [0.2, 0.25) is 0 Å². The first-order chi connectivity index (χ1) is 6.73. The Morgan fingerprint density at radius 2 is 1.80 bits per heavy atom. The molecule has 0 aromatic heterocycles. The van der Waals surface area contributed by atoms with Crippen molar-refractivity contribution in [1.82, 2.24) is 5.32 Å². The molecule has 0 saturated heterocycles. The summed E-state index contributed by atoms with van der Waals surface area (Å²) in [6.07, 6.45) is -3.73. The van der Waals surface area contributed by atoms with Gasteiger partial charge in [0, 0.05) is 6.54 Å². The molecule has 15 heavy (non-hydrogen) atoms. The molecule has 0 atom stereocenters. The van der Waals surface area contributed by atoms with Crippen molar-refractivity contribution in [3.63, 3.8) is 0 Å². The van der Waals surface area contributed by atoms with Gasteiger partial charge in [-0.15, -0.1) is 0 Å². The van der Waals surface area contributed by atoms with E-state index in [9.17, 15) is 26.7 Å². The van der Waals surface area contributed by atoms with E-state index in [0.717, 1.165) is 0 Å². The Hall–Kier alpha value is -0.530. The number of amides is 1. The minimum absolute atomic E-state index is 0.189. The van der Waals surface area contributed by atoms with Gasteiger partial charge in [0.25, 0.3) is 5.91 Å². The average molecular weight is 251 g/mol. The first-order valence-corrected chi connectivity index (χ1v) is 5.34. The van der Waals surface area contributed by atoms with Gasteiger partial charge in [-0.2, -0.15) is 33.7 Å². The van der Waals surface area contributed by atoms with E-state index in [4.69, 9.17) is 0 Å². The zero-order valence-corrected chi connectivity index (χ0v) is 8.64. The fraction of sp³-hybridized carbons (Fsp3) is 0.857. The molecule has 1 amide bonds. The van der Waals surface area contributed by atoms with E-state index < -0.39 is 18.0 Å². The number of hydrogen-bond acceptors (Lipinski definition) is 2. The molecule has 90 valence electrons. The summed E-state index contributed by atoms with van der Waals surface area (Å²) in [4.78, 5) is 10.5. The molecule has 0 unspecified atom stereocenters. The zero-order valence-electron chi connectivity index (χ0n) is 7.83. The van der Waals surface area contributed by atoms with Crippen LogP contribution < -0.4 is 5.32 Å². The van der Waals surface area contributed by atoms with E-state index in [1.54, 1.807) is 11.6 Å². The summed E-state index contributed by atoms with van der Waals surface area (Å²) in [5.74, 6) is -7.03. The van der Waals surface area contributed by atoms with Crippen LogP contribution >= 0.6 is 11.8 Å². The molecule has 0 aliphatic carbocycles. The van der Waals surface area contributed by atoms with Gasteiger partial charge in [-0.05, 0) is 18.4 Å². The molecule has 0 heterocycles. The number of halogens is 5. The van der Waals surface area contributed by atoms with Crippen LogP contribution in [0.4, 0.5) is 22.0 Å². The summed E-state index contributed by atoms with van der Waals surface area (Å²) in [5.41, 5.74) is 0. The van der Waals surface area contributed by atoms with Gasteiger partial charge in [0.05, 0.1) is 0 Å². The quantitative estimate of drug-likeness (QED) is 0.598. The van der Waals surface area contributed by atoms with Crippen LogP contribution in [-0.2, 0) is 4.79 Å². The second-order valence-electron chi connectivity index (χ2n) is 2.67. The number of thioether (sulfide) groups is 1. The SMILES string of the molecule is CSCCCNC(=O)C(F)(F)C(F)(F)F. The maximum Gasteiger partial charge on any atom is 0.463 e. The monoisotopic (exact) mass is 251 g/mol. The van der Waals surface area contributed by atoms with Crippen LogP contribution in [0.15, 0.2) is 0 Å². The lowest BCUT2D eigenvalue weighted by Gasteiger charge is -2.18. The topological polar surface area (TPSA) is 29.1 Å². The van der Waals surface area contributed by atoms with Crippen LogP contribution in [0.25, 0.3) is 0 Å². The van der Waals surface area contributed by atoms with E-state index >= 15 is 0 Å². The second-order valence-corrected chi connectivity index (χ2v) is 3.66. The van der Waals surface area contributed by atoms with Gasteiger partial charge in [0.2, 0.25) is 0 Å². The lowest BCUT2D eigenvalue weighted by molar-refractivity contribution is -0.269. The van der Waals surface area contributed by atoms with Crippen LogP contribution in [0.1, 0.15) is 6.42 Å². The Bertz CT molecular complexity index is 218. The molecule has 0 bridgehead atoms. The van der Waals surface area contributed by atoms with Crippen molar-refractivity contribution in [1.29, 1.82) is 0 Å². The summed E-state index contributed by atoms with van der Waals surface area (Å²) in [7, 11) is 0. The van der Waals surface area contributed by atoms with E-state index in [2.05, 4.69) is 0 Å². The third-order valence-electron chi connectivity index (χ3n) is 1.45. The van der Waals surface area contributed by atoms with E-state index in [1.807, 2.05) is 0 Å². The van der Waals surface area contributed by atoms with E-state index in [0.29, 0.717) is 12.2 Å². The maximum atomic E-state index is 12.3. The highest BCUT2D eigenvalue weighted by Gasteiger charge is 2.63. The minimum atomic E-state index is -5.84. The second kappa shape index (κ2) is 5.53. The molecule has 0 aliphatic heterocycles. The normalized spacial score (nSPS) is 12.7. The van der Waals surface area contributed by atoms with Gasteiger partial charge in [-0.25, -0.2) is 0 Å². The summed E-state index contributed by atoms with van der Waals surface area (Å²) in [6.45, 7) is -0.189. The first kappa shape index (κ1) is 14.5. The molecule has 0 radical (unpaired) electrons. The first-order valence-electron chi connectivity index (χ1n) is 3.95. The number of carbonyl (C=O) groups excluding carboxylic acids is 1. The molecular weight excluding hydrogens is 241 g/mol. The summed E-state index contributed by atoms with van der Waals surface area (Å²) < 4.78 is 59.5. The van der Waals surface area contributed by atoms with Crippen LogP contribution in [-0.4, -0.2) is 36.6 Å². The zero-order chi connectivity index (χ0) is 12.1. The number of hydrogen-bond donors (Lipinski definition) is 1. The van der Waals surface area contributed by atoms with E-state index in [-0.39, 0.29) is 6.54 Å². The Labute approximate surface area is 87.6 Å². The fourth-order valence-corrected chi connectivity index (χ4v) is 1.09. The van der Waals surface area contributed by atoms with Crippen LogP contribution in [0.3, 0.4) is 0 Å². The molecular formula is C7H10F5NOS. The predicted molar refractivity (Wildman–Crippen MR) is 47.0 cm³/mol. The molecule has 2 nitrogen and oxygen atoms in total. The Morgan fingerprint density at radius 1 is 1.27 bits per heavy atom. The highest BCUT2D eigenvalue weighted by molar-refractivity contribution is 7.98. The number of nitrogens with one attached hydrogen (secondary N) is 1. The van der Waals surface area contributed by atoms with Gasteiger partial charge in [0.1, 0.15) is 0 Å². The summed E-state index contributed by atoms with van der Waals surface area (Å²) in [6, 6.07) is 0. The van der Waals surface area contributed by atoms with Gasteiger partial charge in [-0.3, -0.25) is 4.79 Å². The molecule has 0 saturated carbocycles. The highest BCUT2D eigenvalue weighted by atomic mass is 32.2. The van der Waals surface area contributed by atoms with Crippen molar-refractivity contribution in [3.05, 3.63) is 0 Å². The Morgan fingerprint density at radius 3 is 2.20 bits per heavy atom. The molecule has 0 aliphatic rings. The van der Waals surface area contributed by atoms with Gasteiger partial charge < -0.3 is 5.32 Å². The van der Waals surface area contributed by atoms with Crippen molar-refractivity contribution >= 4 is 17.7 Å². The van der Waals surface area contributed by atoms with Gasteiger partial charge >= 0.3 is 12.1 Å². The lowest BCUT2D eigenvalue weighted by Crippen LogP contribution is -2.50. The molecule has 1 N–H and O–H groups in total. The maximum absolute atomic E-state index is 12.3. The highest BCUT2D eigenvalue weighted by Crippen LogP contribution is 2.35. The Kier molecular flexibility index (Phi) is 5.33.